The molecule has 0 unspecified atom stereocenters. The Morgan fingerprint density at radius 3 is 2.32 bits per heavy atom. The number of likely N-dealkylation sites (tertiary alicyclic amines) is 1. The van der Waals surface area contributed by atoms with Crippen LogP contribution >= 0.6 is 0 Å². The molecule has 1 aliphatic rings. The van der Waals surface area contributed by atoms with Gasteiger partial charge in [-0.1, -0.05) is 0 Å². The third kappa shape index (κ3) is 8.44. The molecule has 0 aromatic carbocycles. The molecular formula is C13H26F3N3. The molecule has 1 saturated heterocycles. The van der Waals surface area contributed by atoms with E-state index in [0.717, 1.165) is 38.8 Å². The van der Waals surface area contributed by atoms with Crippen molar-refractivity contribution < 1.29 is 13.2 Å². The molecule has 6 heteroatoms. The van der Waals surface area contributed by atoms with Gasteiger partial charge >= 0.3 is 6.18 Å². The maximum absolute atomic E-state index is 12.2. The van der Waals surface area contributed by atoms with Gasteiger partial charge in [0, 0.05) is 6.04 Å². The van der Waals surface area contributed by atoms with E-state index in [-0.39, 0.29) is 0 Å². The summed E-state index contributed by atoms with van der Waals surface area (Å²) in [6.45, 7) is 2.40. The molecule has 0 bridgehead atoms. The lowest BCUT2D eigenvalue weighted by Crippen LogP contribution is -2.45. The van der Waals surface area contributed by atoms with Crippen LogP contribution in [-0.2, 0) is 0 Å². The van der Waals surface area contributed by atoms with E-state index >= 15 is 0 Å². The summed E-state index contributed by atoms with van der Waals surface area (Å²) in [5.74, 6) is 0. The van der Waals surface area contributed by atoms with Gasteiger partial charge in [0.1, 0.15) is 0 Å². The number of nitrogens with zero attached hydrogens (tertiary/aromatic N) is 2. The summed E-state index contributed by atoms with van der Waals surface area (Å²) in [5, 5.41) is 3.45. The van der Waals surface area contributed by atoms with Gasteiger partial charge in [-0.3, -0.25) is 4.90 Å². The monoisotopic (exact) mass is 281 g/mol. The molecule has 114 valence electrons. The van der Waals surface area contributed by atoms with Gasteiger partial charge in [-0.25, -0.2) is 0 Å². The van der Waals surface area contributed by atoms with Crippen molar-refractivity contribution in [2.45, 2.75) is 37.9 Å². The van der Waals surface area contributed by atoms with Crippen molar-refractivity contribution >= 4 is 0 Å². The van der Waals surface area contributed by atoms with Crippen LogP contribution in [0.15, 0.2) is 0 Å². The molecule has 0 aromatic heterocycles. The van der Waals surface area contributed by atoms with Crippen LogP contribution in [0.5, 0.6) is 0 Å². The number of hydrogen-bond donors (Lipinski definition) is 1. The van der Waals surface area contributed by atoms with Crippen molar-refractivity contribution in [3.8, 4) is 0 Å². The minimum atomic E-state index is -4.06. The van der Waals surface area contributed by atoms with E-state index in [9.17, 15) is 13.2 Å². The van der Waals surface area contributed by atoms with Crippen LogP contribution < -0.4 is 5.32 Å². The highest BCUT2D eigenvalue weighted by molar-refractivity contribution is 4.78. The van der Waals surface area contributed by atoms with E-state index < -0.39 is 12.7 Å². The molecule has 1 aliphatic heterocycles. The van der Waals surface area contributed by atoms with E-state index in [1.807, 2.05) is 0 Å². The van der Waals surface area contributed by atoms with E-state index in [1.165, 1.54) is 4.90 Å². The first-order valence-electron chi connectivity index (χ1n) is 7.04. The average Bonchev–Trinajstić information content (AvgIpc) is 2.28. The molecule has 1 rings (SSSR count). The molecule has 1 fully saturated rings. The molecular weight excluding hydrogens is 255 g/mol. The number of unbranched alkanes of at least 4 members (excludes halogenated alkanes) is 1. The van der Waals surface area contributed by atoms with Crippen molar-refractivity contribution in [2.75, 3.05) is 46.8 Å². The predicted molar refractivity (Wildman–Crippen MR) is 71.3 cm³/mol. The lowest BCUT2D eigenvalue weighted by Gasteiger charge is -2.32. The molecule has 1 heterocycles. The highest BCUT2D eigenvalue weighted by Crippen LogP contribution is 2.19. The van der Waals surface area contributed by atoms with Gasteiger partial charge in [0.2, 0.25) is 0 Å². The van der Waals surface area contributed by atoms with Gasteiger partial charge in [0.25, 0.3) is 0 Å². The molecule has 0 saturated carbocycles. The highest BCUT2D eigenvalue weighted by Gasteiger charge is 2.32. The number of halogens is 3. The fraction of sp³-hybridized carbons (Fsp3) is 1.00. The maximum Gasteiger partial charge on any atom is 0.401 e. The number of piperidine rings is 1. The van der Waals surface area contributed by atoms with Crippen LogP contribution in [0.1, 0.15) is 25.7 Å². The van der Waals surface area contributed by atoms with Crippen LogP contribution in [0.25, 0.3) is 0 Å². The fourth-order valence-electron chi connectivity index (χ4n) is 2.41. The van der Waals surface area contributed by atoms with Crippen LogP contribution in [0.2, 0.25) is 0 Å². The minimum Gasteiger partial charge on any atom is -0.314 e. The lowest BCUT2D eigenvalue weighted by molar-refractivity contribution is -0.148. The quantitative estimate of drug-likeness (QED) is 0.720. The van der Waals surface area contributed by atoms with Crippen LogP contribution in [0.4, 0.5) is 13.2 Å². The van der Waals surface area contributed by atoms with Crippen molar-refractivity contribution in [3.63, 3.8) is 0 Å². The number of rotatable bonds is 7. The third-order valence-electron chi connectivity index (χ3n) is 3.46. The Hall–Kier alpha value is -0.330. The van der Waals surface area contributed by atoms with Crippen molar-refractivity contribution in [2.24, 2.45) is 0 Å². The fourth-order valence-corrected chi connectivity index (χ4v) is 2.41. The standard InChI is InChI=1S/C13H26F3N3/c1-18(2)8-4-3-7-17-12-5-9-19(10-6-12)11-13(14,15)16/h12,17H,3-11H2,1-2H3. The maximum atomic E-state index is 12.2. The van der Waals surface area contributed by atoms with Crippen LogP contribution in [-0.4, -0.2) is 68.8 Å². The van der Waals surface area contributed by atoms with Gasteiger partial charge in [-0.15, -0.1) is 0 Å². The first-order chi connectivity index (χ1) is 8.87. The van der Waals surface area contributed by atoms with Gasteiger partial charge in [0.05, 0.1) is 6.54 Å². The Balaban J connectivity index is 2.04. The summed E-state index contributed by atoms with van der Waals surface area (Å²) in [6, 6.07) is 0.392. The summed E-state index contributed by atoms with van der Waals surface area (Å²) in [4.78, 5) is 3.67. The number of nitrogens with one attached hydrogen (secondary N) is 1. The molecule has 0 spiro atoms. The summed E-state index contributed by atoms with van der Waals surface area (Å²) in [7, 11) is 4.12. The normalized spacial score (nSPS) is 19.3. The summed E-state index contributed by atoms with van der Waals surface area (Å²) >= 11 is 0. The summed E-state index contributed by atoms with van der Waals surface area (Å²) < 4.78 is 36.7. The Kier molecular flexibility index (Phi) is 7.10. The molecule has 0 amide bonds. The topological polar surface area (TPSA) is 18.5 Å². The molecule has 0 atom stereocenters. The SMILES string of the molecule is CN(C)CCCCNC1CCN(CC(F)(F)F)CC1. The van der Waals surface area contributed by atoms with Gasteiger partial charge < -0.3 is 10.2 Å². The Bertz CT molecular complexity index is 236. The van der Waals surface area contributed by atoms with Gasteiger partial charge in [0.15, 0.2) is 0 Å². The lowest BCUT2D eigenvalue weighted by atomic mass is 10.0. The highest BCUT2D eigenvalue weighted by atomic mass is 19.4. The minimum absolute atomic E-state index is 0.392. The summed E-state index contributed by atoms with van der Waals surface area (Å²) in [5.41, 5.74) is 0. The van der Waals surface area contributed by atoms with Crippen LogP contribution in [0.3, 0.4) is 0 Å². The van der Waals surface area contributed by atoms with Crippen molar-refractivity contribution in [1.29, 1.82) is 0 Å². The Labute approximate surface area is 114 Å². The van der Waals surface area contributed by atoms with E-state index in [2.05, 4.69) is 24.3 Å². The van der Waals surface area contributed by atoms with E-state index in [1.54, 1.807) is 0 Å². The molecule has 3 nitrogen and oxygen atoms in total. The average molecular weight is 281 g/mol. The van der Waals surface area contributed by atoms with Crippen molar-refractivity contribution in [3.05, 3.63) is 0 Å². The van der Waals surface area contributed by atoms with Gasteiger partial charge in [-0.05, 0) is 66.0 Å². The molecule has 0 aliphatic carbocycles. The zero-order valence-electron chi connectivity index (χ0n) is 12.0. The Morgan fingerprint density at radius 1 is 1.16 bits per heavy atom. The smallest absolute Gasteiger partial charge is 0.314 e. The summed E-state index contributed by atoms with van der Waals surface area (Å²) in [6.07, 6.45) is -0.131. The molecule has 19 heavy (non-hydrogen) atoms. The number of hydrogen-bond acceptors (Lipinski definition) is 3. The second kappa shape index (κ2) is 8.07. The first-order valence-corrected chi connectivity index (χ1v) is 7.04. The van der Waals surface area contributed by atoms with Gasteiger partial charge in [-0.2, -0.15) is 13.2 Å². The van der Waals surface area contributed by atoms with E-state index in [0.29, 0.717) is 19.1 Å². The molecule has 0 aromatic rings. The first kappa shape index (κ1) is 16.7. The second-order valence-corrected chi connectivity index (χ2v) is 5.63. The van der Waals surface area contributed by atoms with Crippen molar-refractivity contribution in [1.82, 2.24) is 15.1 Å². The molecule has 1 N–H and O–H groups in total. The number of alkyl halides is 3. The van der Waals surface area contributed by atoms with E-state index in [4.69, 9.17) is 0 Å². The largest absolute Gasteiger partial charge is 0.401 e. The zero-order chi connectivity index (χ0) is 14.3. The molecule has 0 radical (unpaired) electrons. The zero-order valence-corrected chi connectivity index (χ0v) is 12.0. The predicted octanol–water partition coefficient (Wildman–Crippen LogP) is 1.94. The van der Waals surface area contributed by atoms with Crippen LogP contribution in [0, 0.1) is 0 Å². The Morgan fingerprint density at radius 2 is 1.79 bits per heavy atom. The third-order valence-corrected chi connectivity index (χ3v) is 3.46. The second-order valence-electron chi connectivity index (χ2n) is 5.63.